The van der Waals surface area contributed by atoms with Crippen LogP contribution in [0.2, 0.25) is 0 Å². The van der Waals surface area contributed by atoms with Gasteiger partial charge in [0.2, 0.25) is 5.16 Å². The number of aryl methyl sites for hydroxylation is 1. The predicted molar refractivity (Wildman–Crippen MR) is 99.2 cm³/mol. The molecule has 1 aliphatic heterocycles. The molecule has 0 N–H and O–H groups in total. The molecule has 124 valence electrons. The molecule has 0 fully saturated rings. The minimum atomic E-state index is 0. The Labute approximate surface area is 151 Å². The van der Waals surface area contributed by atoms with Gasteiger partial charge in [0.15, 0.2) is 5.82 Å². The molecule has 2 aromatic rings. The lowest BCUT2D eigenvalue weighted by atomic mass is 10.1. The molecule has 0 unspecified atom stereocenters. The van der Waals surface area contributed by atoms with Gasteiger partial charge in [-0.2, -0.15) is 9.78 Å². The minimum Gasteiger partial charge on any atom is -0.494 e. The highest BCUT2D eigenvalue weighted by Crippen LogP contribution is 2.25. The first kappa shape index (κ1) is 18.0. The summed E-state index contributed by atoms with van der Waals surface area (Å²) in [5.74, 6) is 2.66. The van der Waals surface area contributed by atoms with Gasteiger partial charge in [-0.15, -0.1) is 27.2 Å². The summed E-state index contributed by atoms with van der Waals surface area (Å²) < 4.78 is 7.38. The van der Waals surface area contributed by atoms with E-state index in [2.05, 4.69) is 29.3 Å². The van der Waals surface area contributed by atoms with Crippen LogP contribution >= 0.6 is 28.7 Å². The fraction of sp³-hybridized carbons (Fsp3) is 0.438. The molecular formula is C16H21BrN4OS. The lowest BCUT2D eigenvalue weighted by molar-refractivity contribution is 0.340. The standard InChI is InChI=1S/C16H20N4OS.BrH/c1-3-5-6-15-17-18-16-20(15)19-14(11-22-16)12-7-9-13(10-8-12)21-4-2;/h7-10H,3-6,11H2,1-2H3;1H. The Balaban J connectivity index is 0.00000192. The molecule has 7 heteroatoms. The van der Waals surface area contributed by atoms with E-state index in [1.54, 1.807) is 11.8 Å². The first-order chi connectivity index (χ1) is 10.8. The summed E-state index contributed by atoms with van der Waals surface area (Å²) in [5, 5.41) is 14.1. The highest BCUT2D eigenvalue weighted by molar-refractivity contribution is 8.93. The van der Waals surface area contributed by atoms with E-state index >= 15 is 0 Å². The van der Waals surface area contributed by atoms with Crippen molar-refractivity contribution in [2.75, 3.05) is 12.4 Å². The molecule has 0 spiro atoms. The Morgan fingerprint density at radius 2 is 1.96 bits per heavy atom. The zero-order valence-electron chi connectivity index (χ0n) is 13.4. The lowest BCUT2D eigenvalue weighted by Gasteiger charge is -2.14. The van der Waals surface area contributed by atoms with Gasteiger partial charge in [-0.1, -0.05) is 25.1 Å². The number of benzene rings is 1. The van der Waals surface area contributed by atoms with Gasteiger partial charge in [-0.3, -0.25) is 0 Å². The lowest BCUT2D eigenvalue weighted by Crippen LogP contribution is -2.14. The van der Waals surface area contributed by atoms with Crippen molar-refractivity contribution >= 4 is 34.5 Å². The molecule has 0 bridgehead atoms. The average molecular weight is 397 g/mol. The second-order valence-corrected chi connectivity index (χ2v) is 6.05. The van der Waals surface area contributed by atoms with Gasteiger partial charge in [0, 0.05) is 12.2 Å². The zero-order chi connectivity index (χ0) is 15.4. The van der Waals surface area contributed by atoms with Crippen molar-refractivity contribution < 1.29 is 4.74 Å². The van der Waals surface area contributed by atoms with E-state index in [1.807, 2.05) is 23.7 Å². The van der Waals surface area contributed by atoms with Gasteiger partial charge < -0.3 is 4.74 Å². The number of ether oxygens (including phenoxy) is 1. The van der Waals surface area contributed by atoms with Crippen LogP contribution in [-0.4, -0.2) is 32.9 Å². The van der Waals surface area contributed by atoms with Crippen LogP contribution in [0, 0.1) is 0 Å². The molecule has 23 heavy (non-hydrogen) atoms. The minimum absolute atomic E-state index is 0. The van der Waals surface area contributed by atoms with Gasteiger partial charge in [0.25, 0.3) is 0 Å². The molecule has 0 atom stereocenters. The van der Waals surface area contributed by atoms with Crippen molar-refractivity contribution in [3.8, 4) is 5.75 Å². The predicted octanol–water partition coefficient (Wildman–Crippen LogP) is 3.96. The van der Waals surface area contributed by atoms with Crippen molar-refractivity contribution in [2.24, 2.45) is 5.10 Å². The number of halogens is 1. The maximum Gasteiger partial charge on any atom is 0.212 e. The number of unbranched alkanes of at least 4 members (excludes halogenated alkanes) is 1. The molecule has 2 heterocycles. The molecular weight excluding hydrogens is 376 g/mol. The highest BCUT2D eigenvalue weighted by atomic mass is 79.9. The summed E-state index contributed by atoms with van der Waals surface area (Å²) in [5.41, 5.74) is 2.18. The van der Waals surface area contributed by atoms with E-state index in [-0.39, 0.29) is 17.0 Å². The van der Waals surface area contributed by atoms with Crippen molar-refractivity contribution in [3.05, 3.63) is 35.7 Å². The number of hydrogen-bond acceptors (Lipinski definition) is 5. The summed E-state index contributed by atoms with van der Waals surface area (Å²) in [6.45, 7) is 4.85. The monoisotopic (exact) mass is 396 g/mol. The molecule has 3 rings (SSSR count). The van der Waals surface area contributed by atoms with Crippen LogP contribution in [0.15, 0.2) is 34.5 Å². The third kappa shape index (κ3) is 4.14. The number of fused-ring (bicyclic) bond motifs is 1. The first-order valence-corrected chi connectivity index (χ1v) is 8.68. The molecule has 0 aliphatic carbocycles. The topological polar surface area (TPSA) is 52.3 Å². The number of rotatable bonds is 6. The van der Waals surface area contributed by atoms with Gasteiger partial charge in [-0.05, 0) is 43.2 Å². The van der Waals surface area contributed by atoms with Crippen molar-refractivity contribution in [2.45, 2.75) is 38.3 Å². The van der Waals surface area contributed by atoms with Gasteiger partial charge in [0.05, 0.1) is 12.3 Å². The maximum absolute atomic E-state index is 5.49. The van der Waals surface area contributed by atoms with Crippen LogP contribution < -0.4 is 4.74 Å². The van der Waals surface area contributed by atoms with Crippen molar-refractivity contribution in [1.82, 2.24) is 14.9 Å². The van der Waals surface area contributed by atoms with Crippen LogP contribution in [0.5, 0.6) is 5.75 Å². The molecule has 1 aromatic heterocycles. The van der Waals surface area contributed by atoms with Crippen LogP contribution in [0.25, 0.3) is 0 Å². The summed E-state index contributed by atoms with van der Waals surface area (Å²) in [4.78, 5) is 0. The first-order valence-electron chi connectivity index (χ1n) is 7.70. The van der Waals surface area contributed by atoms with Gasteiger partial charge >= 0.3 is 0 Å². The van der Waals surface area contributed by atoms with Crippen LogP contribution in [0.3, 0.4) is 0 Å². The molecule has 0 saturated carbocycles. The number of thioether (sulfide) groups is 1. The van der Waals surface area contributed by atoms with Gasteiger partial charge in [0.1, 0.15) is 5.75 Å². The number of hydrogen-bond donors (Lipinski definition) is 0. The quantitative estimate of drug-likeness (QED) is 0.741. The third-order valence-corrected chi connectivity index (χ3v) is 4.42. The second kappa shape index (κ2) is 8.49. The maximum atomic E-state index is 5.49. The Hall–Kier alpha value is -1.34. The Morgan fingerprint density at radius 3 is 2.65 bits per heavy atom. The third-order valence-electron chi connectivity index (χ3n) is 3.49. The van der Waals surface area contributed by atoms with E-state index in [9.17, 15) is 0 Å². The summed E-state index contributed by atoms with van der Waals surface area (Å²) in [6.07, 6.45) is 3.17. The number of aromatic nitrogens is 3. The highest BCUT2D eigenvalue weighted by Gasteiger charge is 2.19. The van der Waals surface area contributed by atoms with Crippen molar-refractivity contribution in [1.29, 1.82) is 0 Å². The van der Waals surface area contributed by atoms with E-state index in [4.69, 9.17) is 9.84 Å². The molecule has 1 aliphatic rings. The van der Waals surface area contributed by atoms with E-state index < -0.39 is 0 Å². The summed E-state index contributed by atoms with van der Waals surface area (Å²) in [7, 11) is 0. The van der Waals surface area contributed by atoms with E-state index in [0.29, 0.717) is 6.61 Å². The van der Waals surface area contributed by atoms with Crippen molar-refractivity contribution in [3.63, 3.8) is 0 Å². The largest absolute Gasteiger partial charge is 0.494 e. The Kier molecular flexibility index (Phi) is 6.65. The molecule has 1 aromatic carbocycles. The molecule has 5 nitrogen and oxygen atoms in total. The van der Waals surface area contributed by atoms with E-state index in [0.717, 1.165) is 53.0 Å². The number of nitrogens with zero attached hydrogens (tertiary/aromatic N) is 4. The Morgan fingerprint density at radius 1 is 1.17 bits per heavy atom. The smallest absolute Gasteiger partial charge is 0.212 e. The fourth-order valence-electron chi connectivity index (χ4n) is 2.31. The Bertz CT molecular complexity index is 669. The normalized spacial score (nSPS) is 13.0. The molecule has 0 saturated heterocycles. The molecule has 0 radical (unpaired) electrons. The SMILES string of the molecule is Br.CCCCc1nnc2n1N=C(c1ccc(OCC)cc1)CS2. The fourth-order valence-corrected chi connectivity index (χ4v) is 3.17. The second-order valence-electron chi connectivity index (χ2n) is 5.11. The van der Waals surface area contributed by atoms with Crippen LogP contribution in [0.1, 0.15) is 38.1 Å². The van der Waals surface area contributed by atoms with Gasteiger partial charge in [-0.25, -0.2) is 0 Å². The molecule has 0 amide bonds. The summed E-state index contributed by atoms with van der Waals surface area (Å²) in [6, 6.07) is 8.11. The average Bonchev–Trinajstić information content (AvgIpc) is 2.96. The van der Waals surface area contributed by atoms with Crippen LogP contribution in [-0.2, 0) is 6.42 Å². The van der Waals surface area contributed by atoms with E-state index in [1.165, 1.54) is 0 Å². The summed E-state index contributed by atoms with van der Waals surface area (Å²) >= 11 is 1.69. The van der Waals surface area contributed by atoms with Crippen LogP contribution in [0.4, 0.5) is 0 Å². The zero-order valence-corrected chi connectivity index (χ0v) is 15.9.